The van der Waals surface area contributed by atoms with Gasteiger partial charge in [-0.2, -0.15) is 0 Å². The Bertz CT molecular complexity index is 877. The molecule has 1 aliphatic rings. The first kappa shape index (κ1) is 22.7. The van der Waals surface area contributed by atoms with Crippen LogP contribution in [0.4, 0.5) is 5.69 Å². The third-order valence-corrected chi connectivity index (χ3v) is 5.76. The normalized spacial score (nSPS) is 14.0. The summed E-state index contributed by atoms with van der Waals surface area (Å²) in [6.45, 7) is 6.22. The number of likely N-dealkylation sites (N-methyl/N-ethyl adjacent to an activating group) is 1. The van der Waals surface area contributed by atoms with Crippen molar-refractivity contribution in [2.24, 2.45) is 0 Å². The topological polar surface area (TPSA) is 54.5 Å². The van der Waals surface area contributed by atoms with Crippen molar-refractivity contribution in [1.82, 2.24) is 9.80 Å². The van der Waals surface area contributed by atoms with Crippen LogP contribution in [-0.4, -0.2) is 76.8 Å². The van der Waals surface area contributed by atoms with Crippen LogP contribution in [0, 0.1) is 6.92 Å². The second kappa shape index (κ2) is 10.4. The number of amides is 1. The number of rotatable bonds is 8. The van der Waals surface area contributed by atoms with E-state index in [9.17, 15) is 4.79 Å². The van der Waals surface area contributed by atoms with Gasteiger partial charge in [-0.1, -0.05) is 0 Å². The molecule has 0 spiro atoms. The maximum absolute atomic E-state index is 12.8. The third-order valence-electron chi connectivity index (χ3n) is 5.76. The van der Waals surface area contributed by atoms with Crippen LogP contribution < -0.4 is 19.1 Å². The molecule has 7 nitrogen and oxygen atoms in total. The molecule has 1 aliphatic heterocycles. The summed E-state index contributed by atoms with van der Waals surface area (Å²) in [7, 11) is 6.91. The summed E-state index contributed by atoms with van der Waals surface area (Å²) >= 11 is 0. The Morgan fingerprint density at radius 3 is 2.13 bits per heavy atom. The fourth-order valence-electron chi connectivity index (χ4n) is 3.88. The summed E-state index contributed by atoms with van der Waals surface area (Å²) in [6, 6.07) is 12.0. The molecule has 0 saturated carbocycles. The van der Waals surface area contributed by atoms with Gasteiger partial charge in [0.05, 0.1) is 27.9 Å². The van der Waals surface area contributed by atoms with Gasteiger partial charge in [0.15, 0.2) is 11.5 Å². The predicted molar refractivity (Wildman–Crippen MR) is 122 cm³/mol. The van der Waals surface area contributed by atoms with Crippen molar-refractivity contribution in [3.05, 3.63) is 47.5 Å². The Labute approximate surface area is 185 Å². The molecule has 168 valence electrons. The smallest absolute Gasteiger partial charge is 0.236 e. The number of ether oxygens (including phenoxy) is 3. The fourth-order valence-corrected chi connectivity index (χ4v) is 3.88. The Morgan fingerprint density at radius 1 is 0.935 bits per heavy atom. The molecule has 1 heterocycles. The number of nitrogens with zero attached hydrogens (tertiary/aromatic N) is 3. The van der Waals surface area contributed by atoms with Gasteiger partial charge in [-0.25, -0.2) is 0 Å². The molecule has 1 fully saturated rings. The van der Waals surface area contributed by atoms with E-state index in [1.807, 2.05) is 48.0 Å². The van der Waals surface area contributed by atoms with Crippen molar-refractivity contribution >= 4 is 11.6 Å². The molecule has 0 aromatic heterocycles. The lowest BCUT2D eigenvalue weighted by atomic mass is 10.1. The van der Waals surface area contributed by atoms with Crippen LogP contribution in [0.25, 0.3) is 0 Å². The Hall–Kier alpha value is -2.93. The molecule has 0 bridgehead atoms. The van der Waals surface area contributed by atoms with Crippen LogP contribution in [-0.2, 0) is 11.3 Å². The first-order chi connectivity index (χ1) is 14.9. The molecule has 2 aromatic carbocycles. The van der Waals surface area contributed by atoms with Crippen LogP contribution in [0.3, 0.4) is 0 Å². The van der Waals surface area contributed by atoms with E-state index in [4.69, 9.17) is 14.2 Å². The number of benzene rings is 2. The second-order valence-electron chi connectivity index (χ2n) is 7.87. The average Bonchev–Trinajstić information content (AvgIpc) is 2.80. The van der Waals surface area contributed by atoms with Gasteiger partial charge in [0, 0.05) is 38.4 Å². The van der Waals surface area contributed by atoms with Crippen molar-refractivity contribution in [1.29, 1.82) is 0 Å². The van der Waals surface area contributed by atoms with E-state index < -0.39 is 0 Å². The highest BCUT2D eigenvalue weighted by molar-refractivity contribution is 5.78. The molecule has 0 unspecified atom stereocenters. The summed E-state index contributed by atoms with van der Waals surface area (Å²) in [4.78, 5) is 19.1. The molecule has 31 heavy (non-hydrogen) atoms. The zero-order valence-electron chi connectivity index (χ0n) is 19.2. The van der Waals surface area contributed by atoms with Gasteiger partial charge in [-0.15, -0.1) is 0 Å². The molecule has 0 radical (unpaired) electrons. The lowest BCUT2D eigenvalue weighted by Gasteiger charge is -2.36. The summed E-state index contributed by atoms with van der Waals surface area (Å²) in [5.74, 6) is 2.44. The molecule has 3 rings (SSSR count). The van der Waals surface area contributed by atoms with Gasteiger partial charge in [-0.3, -0.25) is 9.69 Å². The van der Waals surface area contributed by atoms with Crippen molar-refractivity contribution < 1.29 is 19.0 Å². The van der Waals surface area contributed by atoms with E-state index in [0.717, 1.165) is 54.5 Å². The predicted octanol–water partition coefficient (Wildman–Crippen LogP) is 2.80. The minimum atomic E-state index is 0.162. The number of hydrogen-bond acceptors (Lipinski definition) is 6. The Balaban J connectivity index is 1.52. The van der Waals surface area contributed by atoms with Crippen molar-refractivity contribution in [3.8, 4) is 17.2 Å². The summed E-state index contributed by atoms with van der Waals surface area (Å²) in [5, 5.41) is 0. The summed E-state index contributed by atoms with van der Waals surface area (Å²) in [6.07, 6.45) is 0. The number of hydrogen-bond donors (Lipinski definition) is 0. The van der Waals surface area contributed by atoms with E-state index in [2.05, 4.69) is 17.0 Å². The first-order valence-corrected chi connectivity index (χ1v) is 10.5. The lowest BCUT2D eigenvalue weighted by Crippen LogP contribution is -2.51. The van der Waals surface area contributed by atoms with E-state index in [0.29, 0.717) is 18.8 Å². The van der Waals surface area contributed by atoms with E-state index in [1.165, 1.54) is 0 Å². The van der Waals surface area contributed by atoms with Crippen molar-refractivity contribution in [2.75, 3.05) is 66.0 Å². The zero-order chi connectivity index (χ0) is 22.4. The van der Waals surface area contributed by atoms with Crippen molar-refractivity contribution in [2.45, 2.75) is 13.5 Å². The van der Waals surface area contributed by atoms with Gasteiger partial charge < -0.3 is 24.0 Å². The highest BCUT2D eigenvalue weighted by atomic mass is 16.5. The maximum Gasteiger partial charge on any atom is 0.236 e. The maximum atomic E-state index is 12.8. The largest absolute Gasteiger partial charge is 0.497 e. The molecular weight excluding hydrogens is 394 g/mol. The number of carbonyl (C=O) groups excluding carboxylic acids is 1. The van der Waals surface area contributed by atoms with Crippen LogP contribution >= 0.6 is 0 Å². The molecule has 1 saturated heterocycles. The third kappa shape index (κ3) is 5.61. The van der Waals surface area contributed by atoms with Crippen LogP contribution in [0.5, 0.6) is 17.2 Å². The molecular formula is C24H33N3O4. The molecule has 1 amide bonds. The van der Waals surface area contributed by atoms with Crippen LogP contribution in [0.1, 0.15) is 11.1 Å². The highest BCUT2D eigenvalue weighted by Gasteiger charge is 2.22. The molecule has 7 heteroatoms. The lowest BCUT2D eigenvalue weighted by molar-refractivity contribution is -0.132. The summed E-state index contributed by atoms with van der Waals surface area (Å²) in [5.41, 5.74) is 3.40. The molecule has 0 N–H and O–H groups in total. The summed E-state index contributed by atoms with van der Waals surface area (Å²) < 4.78 is 16.0. The van der Waals surface area contributed by atoms with Crippen LogP contribution in [0.2, 0.25) is 0 Å². The minimum absolute atomic E-state index is 0.162. The number of anilines is 1. The van der Waals surface area contributed by atoms with E-state index in [-0.39, 0.29) is 5.91 Å². The van der Waals surface area contributed by atoms with E-state index in [1.54, 1.807) is 21.3 Å². The molecule has 0 atom stereocenters. The number of carbonyl (C=O) groups is 1. The standard InChI is InChI=1S/C24H33N3O4/c1-18-14-22(30-4)23(31-5)15-19(18)16-25(2)17-24(28)27-12-10-26(11-13-27)20-6-8-21(29-3)9-7-20/h6-9,14-15H,10-13,16-17H2,1-5H3. The molecule has 0 aliphatic carbocycles. The van der Waals surface area contributed by atoms with E-state index >= 15 is 0 Å². The van der Waals surface area contributed by atoms with Gasteiger partial charge >= 0.3 is 0 Å². The van der Waals surface area contributed by atoms with Gasteiger partial charge in [0.1, 0.15) is 5.75 Å². The number of aryl methyl sites for hydroxylation is 1. The minimum Gasteiger partial charge on any atom is -0.497 e. The molecule has 2 aromatic rings. The Kier molecular flexibility index (Phi) is 7.63. The highest BCUT2D eigenvalue weighted by Crippen LogP contribution is 2.30. The zero-order valence-corrected chi connectivity index (χ0v) is 19.2. The Morgan fingerprint density at radius 2 is 1.55 bits per heavy atom. The number of piperazine rings is 1. The first-order valence-electron chi connectivity index (χ1n) is 10.5. The monoisotopic (exact) mass is 427 g/mol. The average molecular weight is 428 g/mol. The van der Waals surface area contributed by atoms with Gasteiger partial charge in [0.25, 0.3) is 0 Å². The van der Waals surface area contributed by atoms with Gasteiger partial charge in [-0.05, 0) is 61.5 Å². The quantitative estimate of drug-likeness (QED) is 0.646. The van der Waals surface area contributed by atoms with Crippen LogP contribution in [0.15, 0.2) is 36.4 Å². The van der Waals surface area contributed by atoms with Gasteiger partial charge in [0.2, 0.25) is 5.91 Å². The second-order valence-corrected chi connectivity index (χ2v) is 7.87. The SMILES string of the molecule is COc1ccc(N2CCN(C(=O)CN(C)Cc3cc(OC)c(OC)cc3C)CC2)cc1. The van der Waals surface area contributed by atoms with Crippen molar-refractivity contribution in [3.63, 3.8) is 0 Å². The number of methoxy groups -OCH3 is 3. The fraction of sp³-hybridized carbons (Fsp3) is 0.458.